The van der Waals surface area contributed by atoms with E-state index >= 15 is 0 Å². The summed E-state index contributed by atoms with van der Waals surface area (Å²) in [4.78, 5) is 24.2. The average Bonchev–Trinajstić information content (AvgIpc) is 2.53. The maximum atomic E-state index is 12.8. The lowest BCUT2D eigenvalue weighted by atomic mass is 9.73. The number of piperidine rings is 1. The van der Waals surface area contributed by atoms with E-state index in [4.69, 9.17) is 4.74 Å². The van der Waals surface area contributed by atoms with E-state index in [9.17, 15) is 9.59 Å². The summed E-state index contributed by atoms with van der Waals surface area (Å²) in [5.74, 6) is -0.0476. The molecule has 1 aromatic rings. The molecule has 1 fully saturated rings. The summed E-state index contributed by atoms with van der Waals surface area (Å²) >= 11 is 0. The SMILES string of the molecule is CC(C)OCCNC(=O)C1(c2ccccc2)CCC(=O)NC1. The van der Waals surface area contributed by atoms with E-state index in [1.165, 1.54) is 0 Å². The highest BCUT2D eigenvalue weighted by Crippen LogP contribution is 2.31. The van der Waals surface area contributed by atoms with Crippen LogP contribution in [0, 0.1) is 0 Å². The predicted molar refractivity (Wildman–Crippen MR) is 84.5 cm³/mol. The highest BCUT2D eigenvalue weighted by molar-refractivity contribution is 5.91. The van der Waals surface area contributed by atoms with Crippen LogP contribution in [0.5, 0.6) is 0 Å². The molecule has 2 N–H and O–H groups in total. The first kappa shape index (κ1) is 16.5. The van der Waals surface area contributed by atoms with Gasteiger partial charge in [0, 0.05) is 19.5 Å². The Balaban J connectivity index is 2.08. The third kappa shape index (κ3) is 3.85. The molecule has 0 bridgehead atoms. The average molecular weight is 304 g/mol. The molecule has 1 heterocycles. The smallest absolute Gasteiger partial charge is 0.232 e. The van der Waals surface area contributed by atoms with Crippen LogP contribution in [0.25, 0.3) is 0 Å². The molecular formula is C17H24N2O3. The number of carbonyl (C=O) groups excluding carboxylic acids is 2. The van der Waals surface area contributed by atoms with Crippen molar-refractivity contribution in [1.82, 2.24) is 10.6 Å². The zero-order valence-corrected chi connectivity index (χ0v) is 13.2. The van der Waals surface area contributed by atoms with Crippen molar-refractivity contribution in [2.75, 3.05) is 19.7 Å². The Hall–Kier alpha value is -1.88. The van der Waals surface area contributed by atoms with Crippen molar-refractivity contribution in [3.63, 3.8) is 0 Å². The normalized spacial score (nSPS) is 21.5. The minimum Gasteiger partial charge on any atom is -0.377 e. The molecule has 5 heteroatoms. The second-order valence-electron chi connectivity index (χ2n) is 5.90. The topological polar surface area (TPSA) is 67.4 Å². The van der Waals surface area contributed by atoms with Gasteiger partial charge in [0.25, 0.3) is 0 Å². The van der Waals surface area contributed by atoms with E-state index in [2.05, 4.69) is 10.6 Å². The number of rotatable bonds is 6. The summed E-state index contributed by atoms with van der Waals surface area (Å²) in [5.41, 5.74) is 0.254. The number of benzene rings is 1. The molecule has 1 atom stereocenters. The van der Waals surface area contributed by atoms with E-state index in [0.717, 1.165) is 5.56 Å². The zero-order valence-electron chi connectivity index (χ0n) is 13.2. The molecule has 1 aliphatic rings. The van der Waals surface area contributed by atoms with Crippen molar-refractivity contribution < 1.29 is 14.3 Å². The van der Waals surface area contributed by atoms with Crippen LogP contribution >= 0.6 is 0 Å². The highest BCUT2D eigenvalue weighted by Gasteiger charge is 2.42. The van der Waals surface area contributed by atoms with Gasteiger partial charge >= 0.3 is 0 Å². The number of carbonyl (C=O) groups is 2. The first-order chi connectivity index (χ1) is 10.5. The monoisotopic (exact) mass is 304 g/mol. The van der Waals surface area contributed by atoms with Gasteiger partial charge in [0.1, 0.15) is 0 Å². The summed E-state index contributed by atoms with van der Waals surface area (Å²) in [6, 6.07) is 9.65. The van der Waals surface area contributed by atoms with Gasteiger partial charge in [-0.2, -0.15) is 0 Å². The fraction of sp³-hybridized carbons (Fsp3) is 0.529. The Morgan fingerprint density at radius 2 is 2.09 bits per heavy atom. The third-order valence-corrected chi connectivity index (χ3v) is 3.97. The summed E-state index contributed by atoms with van der Waals surface area (Å²) in [7, 11) is 0. The van der Waals surface area contributed by atoms with Gasteiger partial charge in [-0.25, -0.2) is 0 Å². The molecule has 120 valence electrons. The van der Waals surface area contributed by atoms with E-state index in [0.29, 0.717) is 32.5 Å². The van der Waals surface area contributed by atoms with Crippen molar-refractivity contribution >= 4 is 11.8 Å². The second kappa shape index (κ2) is 7.40. The van der Waals surface area contributed by atoms with Crippen molar-refractivity contribution in [3.05, 3.63) is 35.9 Å². The molecule has 1 unspecified atom stereocenters. The Morgan fingerprint density at radius 3 is 2.68 bits per heavy atom. The molecule has 0 aromatic heterocycles. The van der Waals surface area contributed by atoms with Gasteiger partial charge in [-0.05, 0) is 25.8 Å². The molecule has 0 radical (unpaired) electrons. The predicted octanol–water partition coefficient (Wildman–Crippen LogP) is 1.38. The minimum atomic E-state index is -0.687. The van der Waals surface area contributed by atoms with Crippen LogP contribution in [-0.4, -0.2) is 37.6 Å². The Kier molecular flexibility index (Phi) is 5.55. The molecular weight excluding hydrogens is 280 g/mol. The molecule has 0 saturated carbocycles. The fourth-order valence-corrected chi connectivity index (χ4v) is 2.71. The molecule has 0 spiro atoms. The van der Waals surface area contributed by atoms with Gasteiger partial charge in [-0.15, -0.1) is 0 Å². The number of hydrogen-bond acceptors (Lipinski definition) is 3. The van der Waals surface area contributed by atoms with Crippen LogP contribution < -0.4 is 10.6 Å². The van der Waals surface area contributed by atoms with E-state index < -0.39 is 5.41 Å². The van der Waals surface area contributed by atoms with Crippen molar-refractivity contribution in [1.29, 1.82) is 0 Å². The van der Waals surface area contributed by atoms with Gasteiger partial charge in [-0.1, -0.05) is 30.3 Å². The lowest BCUT2D eigenvalue weighted by Crippen LogP contribution is -2.55. The Morgan fingerprint density at radius 1 is 1.36 bits per heavy atom. The third-order valence-electron chi connectivity index (χ3n) is 3.97. The summed E-state index contributed by atoms with van der Waals surface area (Å²) in [5, 5.41) is 5.78. The van der Waals surface area contributed by atoms with Gasteiger partial charge in [0.05, 0.1) is 18.1 Å². The lowest BCUT2D eigenvalue weighted by molar-refractivity contribution is -0.131. The zero-order chi connectivity index (χ0) is 16.0. The number of ether oxygens (including phenoxy) is 1. The maximum Gasteiger partial charge on any atom is 0.232 e. The first-order valence-electron chi connectivity index (χ1n) is 7.77. The van der Waals surface area contributed by atoms with Crippen LogP contribution in [0.1, 0.15) is 32.3 Å². The largest absolute Gasteiger partial charge is 0.377 e. The summed E-state index contributed by atoms with van der Waals surface area (Å²) in [6.07, 6.45) is 1.04. The van der Waals surface area contributed by atoms with E-state index in [1.807, 2.05) is 44.2 Å². The highest BCUT2D eigenvalue weighted by atomic mass is 16.5. The summed E-state index contributed by atoms with van der Waals surface area (Å²) < 4.78 is 5.45. The molecule has 1 aliphatic heterocycles. The molecule has 2 rings (SSSR count). The summed E-state index contributed by atoms with van der Waals surface area (Å²) in [6.45, 7) is 5.22. The van der Waals surface area contributed by atoms with Crippen molar-refractivity contribution in [3.8, 4) is 0 Å². The molecule has 22 heavy (non-hydrogen) atoms. The van der Waals surface area contributed by atoms with Crippen molar-refractivity contribution in [2.24, 2.45) is 0 Å². The molecule has 1 saturated heterocycles. The standard InChI is InChI=1S/C17H24N2O3/c1-13(2)22-11-10-18-16(21)17(9-8-15(20)19-12-17)14-6-4-3-5-7-14/h3-7,13H,8-12H2,1-2H3,(H,18,21)(H,19,20). The Bertz CT molecular complexity index is 504. The molecule has 0 aliphatic carbocycles. The molecule has 1 aromatic carbocycles. The van der Waals surface area contributed by atoms with Gasteiger partial charge in [0.2, 0.25) is 11.8 Å². The lowest BCUT2D eigenvalue weighted by Gasteiger charge is -2.36. The van der Waals surface area contributed by atoms with E-state index in [1.54, 1.807) is 0 Å². The van der Waals surface area contributed by atoms with Crippen LogP contribution in [-0.2, 0) is 19.7 Å². The minimum absolute atomic E-state index is 0.00231. The first-order valence-corrected chi connectivity index (χ1v) is 7.77. The fourth-order valence-electron chi connectivity index (χ4n) is 2.71. The van der Waals surface area contributed by atoms with Crippen LogP contribution in [0.3, 0.4) is 0 Å². The van der Waals surface area contributed by atoms with Gasteiger partial charge < -0.3 is 15.4 Å². The second-order valence-corrected chi connectivity index (χ2v) is 5.90. The van der Waals surface area contributed by atoms with Crippen LogP contribution in [0.4, 0.5) is 0 Å². The van der Waals surface area contributed by atoms with Gasteiger partial charge in [0.15, 0.2) is 0 Å². The van der Waals surface area contributed by atoms with Crippen LogP contribution in [0.15, 0.2) is 30.3 Å². The van der Waals surface area contributed by atoms with Crippen LogP contribution in [0.2, 0.25) is 0 Å². The van der Waals surface area contributed by atoms with Crippen molar-refractivity contribution in [2.45, 2.75) is 38.2 Å². The quantitative estimate of drug-likeness (QED) is 0.780. The number of amides is 2. The van der Waals surface area contributed by atoms with Gasteiger partial charge in [-0.3, -0.25) is 9.59 Å². The number of hydrogen-bond donors (Lipinski definition) is 2. The Labute approximate surface area is 131 Å². The molecule has 2 amide bonds. The number of nitrogens with one attached hydrogen (secondary N) is 2. The van der Waals surface area contributed by atoms with E-state index in [-0.39, 0.29) is 17.9 Å². The maximum absolute atomic E-state index is 12.8. The molecule has 5 nitrogen and oxygen atoms in total.